The Morgan fingerprint density at radius 2 is 1.48 bits per heavy atom. The van der Waals surface area contributed by atoms with E-state index in [-0.39, 0.29) is 11.8 Å². The third-order valence-electron chi connectivity index (χ3n) is 6.72. The minimum Gasteiger partial charge on any atom is -0.378 e. The smallest absolute Gasteiger partial charge is 0.229 e. The van der Waals surface area contributed by atoms with Gasteiger partial charge in [0.15, 0.2) is 0 Å². The topological polar surface area (TPSA) is 44.8 Å². The monoisotopic (exact) mass is 391 g/mol. The molecule has 1 unspecified atom stereocenters. The molecular weight excluding hydrogens is 362 g/mol. The number of benzene rings is 2. The Bertz CT molecular complexity index is 835. The number of anilines is 2. The number of fused-ring (bicyclic) bond motifs is 3. The molecule has 1 N–H and O–H groups in total. The molecule has 2 aromatic rings. The van der Waals surface area contributed by atoms with Crippen LogP contribution in [0, 0.1) is 11.8 Å². The van der Waals surface area contributed by atoms with Crippen molar-refractivity contribution in [2.24, 2.45) is 11.8 Å². The van der Waals surface area contributed by atoms with Crippen LogP contribution < -0.4 is 10.2 Å². The van der Waals surface area contributed by atoms with E-state index in [1.165, 1.54) is 16.8 Å². The number of morpholine rings is 1. The Labute approximate surface area is 172 Å². The number of amides is 1. The van der Waals surface area contributed by atoms with Crippen molar-refractivity contribution in [2.45, 2.75) is 12.8 Å². The van der Waals surface area contributed by atoms with Gasteiger partial charge in [0.05, 0.1) is 19.1 Å². The third-order valence-corrected chi connectivity index (χ3v) is 6.72. The summed E-state index contributed by atoms with van der Waals surface area (Å²) in [6, 6.07) is 16.9. The average molecular weight is 392 g/mol. The molecule has 4 heterocycles. The number of rotatable bonds is 4. The predicted molar refractivity (Wildman–Crippen MR) is 116 cm³/mol. The van der Waals surface area contributed by atoms with Crippen molar-refractivity contribution >= 4 is 17.3 Å². The first-order valence-corrected chi connectivity index (χ1v) is 10.8. The van der Waals surface area contributed by atoms with Crippen molar-refractivity contribution in [3.05, 3.63) is 48.5 Å². The molecule has 2 bridgehead atoms. The van der Waals surface area contributed by atoms with E-state index >= 15 is 0 Å². The van der Waals surface area contributed by atoms with E-state index in [4.69, 9.17) is 4.74 Å². The van der Waals surface area contributed by atoms with Gasteiger partial charge in [-0.1, -0.05) is 24.3 Å². The first-order valence-electron chi connectivity index (χ1n) is 10.8. The molecular formula is C24H29N3O2. The number of carbonyl (C=O) groups excluding carboxylic acids is 1. The van der Waals surface area contributed by atoms with Gasteiger partial charge in [-0.25, -0.2) is 0 Å². The fourth-order valence-electron chi connectivity index (χ4n) is 4.93. The Kier molecular flexibility index (Phi) is 5.25. The van der Waals surface area contributed by atoms with Crippen molar-refractivity contribution in [1.82, 2.24) is 4.90 Å². The number of hydrogen-bond donors (Lipinski definition) is 1. The van der Waals surface area contributed by atoms with Crippen LogP contribution in [-0.2, 0) is 9.53 Å². The summed E-state index contributed by atoms with van der Waals surface area (Å²) in [5.41, 5.74) is 4.50. The standard InChI is InChI=1S/C24H29N3O2/c28-24(23-17-26-11-9-20(23)10-12-26)25-21-5-1-18(2-6-21)19-3-7-22(8-4-19)27-13-15-29-16-14-27/h1-8,20,23H,9-17H2,(H,25,28). The van der Waals surface area contributed by atoms with Crippen molar-refractivity contribution in [3.63, 3.8) is 0 Å². The molecule has 6 rings (SSSR count). The maximum Gasteiger partial charge on any atom is 0.229 e. The Balaban J connectivity index is 1.22. The van der Waals surface area contributed by atoms with Gasteiger partial charge in [0.2, 0.25) is 5.91 Å². The molecule has 4 aliphatic rings. The minimum atomic E-state index is 0.143. The molecule has 0 aliphatic carbocycles. The summed E-state index contributed by atoms with van der Waals surface area (Å²) >= 11 is 0. The lowest BCUT2D eigenvalue weighted by Crippen LogP contribution is -2.51. The molecule has 4 saturated heterocycles. The van der Waals surface area contributed by atoms with Crippen molar-refractivity contribution in [2.75, 3.05) is 56.2 Å². The van der Waals surface area contributed by atoms with E-state index in [0.717, 1.165) is 64.5 Å². The van der Waals surface area contributed by atoms with Crippen LogP contribution in [0.4, 0.5) is 11.4 Å². The minimum absolute atomic E-state index is 0.143. The molecule has 0 aromatic heterocycles. The average Bonchev–Trinajstić information content (AvgIpc) is 2.81. The van der Waals surface area contributed by atoms with Crippen molar-refractivity contribution < 1.29 is 9.53 Å². The van der Waals surface area contributed by atoms with E-state index < -0.39 is 0 Å². The Morgan fingerprint density at radius 1 is 0.862 bits per heavy atom. The lowest BCUT2D eigenvalue weighted by atomic mass is 9.78. The zero-order chi connectivity index (χ0) is 19.6. The maximum atomic E-state index is 12.7. The highest BCUT2D eigenvalue weighted by Crippen LogP contribution is 2.33. The lowest BCUT2D eigenvalue weighted by Gasteiger charge is -2.43. The van der Waals surface area contributed by atoms with Crippen LogP contribution in [0.15, 0.2) is 48.5 Å². The molecule has 4 fully saturated rings. The predicted octanol–water partition coefficient (Wildman–Crippen LogP) is 3.47. The number of nitrogens with one attached hydrogen (secondary N) is 1. The second-order valence-corrected chi connectivity index (χ2v) is 8.46. The molecule has 29 heavy (non-hydrogen) atoms. The van der Waals surface area contributed by atoms with Crippen LogP contribution in [0.5, 0.6) is 0 Å². The van der Waals surface area contributed by atoms with Gasteiger partial charge < -0.3 is 19.9 Å². The molecule has 2 aromatic carbocycles. The summed E-state index contributed by atoms with van der Waals surface area (Å²) in [5, 5.41) is 3.14. The first-order chi connectivity index (χ1) is 14.3. The van der Waals surface area contributed by atoms with Gasteiger partial charge in [0, 0.05) is 31.0 Å². The SMILES string of the molecule is O=C(Nc1ccc(-c2ccc(N3CCOCC3)cc2)cc1)C1CN2CCC1CC2. The van der Waals surface area contributed by atoms with Crippen LogP contribution in [0.25, 0.3) is 11.1 Å². The van der Waals surface area contributed by atoms with E-state index in [2.05, 4.69) is 51.5 Å². The zero-order valence-corrected chi connectivity index (χ0v) is 16.8. The van der Waals surface area contributed by atoms with E-state index in [1.54, 1.807) is 0 Å². The molecule has 0 saturated carbocycles. The number of hydrogen-bond acceptors (Lipinski definition) is 4. The molecule has 5 nitrogen and oxygen atoms in total. The quantitative estimate of drug-likeness (QED) is 0.867. The first kappa shape index (κ1) is 18.6. The van der Waals surface area contributed by atoms with E-state index in [0.29, 0.717) is 5.92 Å². The van der Waals surface area contributed by atoms with Gasteiger partial charge in [0.1, 0.15) is 0 Å². The molecule has 1 atom stereocenters. The van der Waals surface area contributed by atoms with E-state index in [9.17, 15) is 4.79 Å². The molecule has 4 aliphatic heterocycles. The summed E-state index contributed by atoms with van der Waals surface area (Å²) in [6.45, 7) is 6.74. The van der Waals surface area contributed by atoms with Gasteiger partial charge in [-0.05, 0) is 67.2 Å². The molecule has 0 spiro atoms. The molecule has 0 radical (unpaired) electrons. The normalized spacial score (nSPS) is 26.3. The van der Waals surface area contributed by atoms with Crippen molar-refractivity contribution in [1.29, 1.82) is 0 Å². The number of carbonyl (C=O) groups is 1. The van der Waals surface area contributed by atoms with Crippen LogP contribution in [0.1, 0.15) is 12.8 Å². The highest BCUT2D eigenvalue weighted by molar-refractivity contribution is 5.93. The van der Waals surface area contributed by atoms with Crippen LogP contribution in [0.2, 0.25) is 0 Å². The Morgan fingerprint density at radius 3 is 2.07 bits per heavy atom. The second kappa shape index (κ2) is 8.17. The van der Waals surface area contributed by atoms with Gasteiger partial charge in [-0.15, -0.1) is 0 Å². The summed E-state index contributed by atoms with van der Waals surface area (Å²) in [7, 11) is 0. The second-order valence-electron chi connectivity index (χ2n) is 8.46. The van der Waals surface area contributed by atoms with Gasteiger partial charge >= 0.3 is 0 Å². The van der Waals surface area contributed by atoms with Crippen molar-refractivity contribution in [3.8, 4) is 11.1 Å². The summed E-state index contributed by atoms with van der Waals surface area (Å²) < 4.78 is 5.43. The maximum absolute atomic E-state index is 12.7. The van der Waals surface area contributed by atoms with Crippen LogP contribution in [0.3, 0.4) is 0 Å². The number of piperidine rings is 3. The fraction of sp³-hybridized carbons (Fsp3) is 0.458. The molecule has 152 valence electrons. The van der Waals surface area contributed by atoms with Gasteiger partial charge in [-0.2, -0.15) is 0 Å². The lowest BCUT2D eigenvalue weighted by molar-refractivity contribution is -0.125. The Hall–Kier alpha value is -2.37. The molecule has 1 amide bonds. The van der Waals surface area contributed by atoms with E-state index in [1.807, 2.05) is 12.1 Å². The third kappa shape index (κ3) is 4.02. The highest BCUT2D eigenvalue weighted by atomic mass is 16.5. The number of ether oxygens (including phenoxy) is 1. The van der Waals surface area contributed by atoms with Gasteiger partial charge in [0.25, 0.3) is 0 Å². The summed E-state index contributed by atoms with van der Waals surface area (Å²) in [5.74, 6) is 0.885. The van der Waals surface area contributed by atoms with Crippen LogP contribution in [-0.4, -0.2) is 56.7 Å². The largest absolute Gasteiger partial charge is 0.378 e. The summed E-state index contributed by atoms with van der Waals surface area (Å²) in [6.07, 6.45) is 2.33. The van der Waals surface area contributed by atoms with Gasteiger partial charge in [-0.3, -0.25) is 4.79 Å². The number of nitrogens with zero attached hydrogens (tertiary/aromatic N) is 2. The van der Waals surface area contributed by atoms with Crippen LogP contribution >= 0.6 is 0 Å². The highest BCUT2D eigenvalue weighted by Gasteiger charge is 2.38. The molecule has 5 heteroatoms. The fourth-order valence-corrected chi connectivity index (χ4v) is 4.93. The summed E-state index contributed by atoms with van der Waals surface area (Å²) in [4.78, 5) is 17.5. The zero-order valence-electron chi connectivity index (χ0n) is 16.8.